The summed E-state index contributed by atoms with van der Waals surface area (Å²) in [5.74, 6) is 0.639. The summed E-state index contributed by atoms with van der Waals surface area (Å²) in [5.41, 5.74) is 0.692. The normalized spacial score (nSPS) is 11.9. The van der Waals surface area contributed by atoms with E-state index in [1.165, 1.54) is 11.8 Å². The minimum absolute atomic E-state index is 0.0166. The maximum atomic E-state index is 11.9. The number of Topliss-reactive ketones (excluding diaryl/α,β-unsaturated/α-hetero) is 1. The summed E-state index contributed by atoms with van der Waals surface area (Å²) in [6.45, 7) is 1.96. The summed E-state index contributed by atoms with van der Waals surface area (Å²) in [6, 6.07) is 13.1. The Morgan fingerprint density at radius 3 is 2.57 bits per heavy atom. The number of thioether (sulfide) groups is 1. The molecule has 1 atom stereocenters. The molecule has 1 N–H and O–H groups in total. The Labute approximate surface area is 132 Å². The number of hydrogen-bond donors (Lipinski definition) is 1. The van der Waals surface area contributed by atoms with Crippen LogP contribution < -0.4 is 5.32 Å². The van der Waals surface area contributed by atoms with Crippen molar-refractivity contribution in [3.05, 3.63) is 58.3 Å². The lowest BCUT2D eigenvalue weighted by Gasteiger charge is -2.11. The molecule has 2 rings (SSSR count). The molecule has 0 spiro atoms. The molecule has 5 heteroatoms. The van der Waals surface area contributed by atoms with Crippen LogP contribution in [0.4, 0.5) is 0 Å². The van der Waals surface area contributed by atoms with Crippen LogP contribution in [0.25, 0.3) is 0 Å². The molecule has 0 aliphatic carbocycles. The SMILES string of the molecule is C[C@H](NC(=O)CSCC(=O)c1ccccc1)c1cccs1. The van der Waals surface area contributed by atoms with E-state index in [9.17, 15) is 9.59 Å². The fraction of sp³-hybridized carbons (Fsp3) is 0.250. The third-order valence-electron chi connectivity index (χ3n) is 2.91. The molecule has 0 aliphatic rings. The fourth-order valence-electron chi connectivity index (χ4n) is 1.84. The van der Waals surface area contributed by atoms with E-state index in [-0.39, 0.29) is 17.7 Å². The molecule has 0 saturated carbocycles. The second-order valence-corrected chi connectivity index (χ2v) is 6.55. The van der Waals surface area contributed by atoms with Crippen LogP contribution in [0.2, 0.25) is 0 Å². The molecule has 0 unspecified atom stereocenters. The number of ketones is 1. The molecule has 1 amide bonds. The minimum atomic E-state index is -0.0400. The van der Waals surface area contributed by atoms with Crippen molar-refractivity contribution in [2.75, 3.05) is 11.5 Å². The Kier molecular flexibility index (Phi) is 6.02. The van der Waals surface area contributed by atoms with Gasteiger partial charge in [-0.15, -0.1) is 23.1 Å². The lowest BCUT2D eigenvalue weighted by molar-refractivity contribution is -0.119. The lowest BCUT2D eigenvalue weighted by atomic mass is 10.2. The Morgan fingerprint density at radius 1 is 1.14 bits per heavy atom. The molecule has 1 aromatic carbocycles. The van der Waals surface area contributed by atoms with Gasteiger partial charge in [-0.1, -0.05) is 36.4 Å². The van der Waals surface area contributed by atoms with Crippen LogP contribution >= 0.6 is 23.1 Å². The van der Waals surface area contributed by atoms with Gasteiger partial charge in [0.25, 0.3) is 0 Å². The van der Waals surface area contributed by atoms with Crippen molar-refractivity contribution in [2.24, 2.45) is 0 Å². The zero-order valence-corrected chi connectivity index (χ0v) is 13.4. The number of benzene rings is 1. The predicted octanol–water partition coefficient (Wildman–Crippen LogP) is 3.54. The van der Waals surface area contributed by atoms with Crippen molar-refractivity contribution in [2.45, 2.75) is 13.0 Å². The van der Waals surface area contributed by atoms with Crippen LogP contribution in [-0.4, -0.2) is 23.2 Å². The van der Waals surface area contributed by atoms with E-state index in [1.54, 1.807) is 23.5 Å². The van der Waals surface area contributed by atoms with Gasteiger partial charge in [-0.2, -0.15) is 0 Å². The van der Waals surface area contributed by atoms with Crippen LogP contribution in [0.5, 0.6) is 0 Å². The number of carbonyl (C=O) groups is 2. The van der Waals surface area contributed by atoms with Gasteiger partial charge in [-0.25, -0.2) is 0 Å². The molecule has 1 heterocycles. The van der Waals surface area contributed by atoms with Crippen LogP contribution in [0, 0.1) is 0 Å². The number of rotatable bonds is 7. The number of carbonyl (C=O) groups excluding carboxylic acids is 2. The van der Waals surface area contributed by atoms with Gasteiger partial charge in [-0.3, -0.25) is 9.59 Å². The Balaban J connectivity index is 1.71. The van der Waals surface area contributed by atoms with Gasteiger partial charge in [-0.05, 0) is 18.4 Å². The Hall–Kier alpha value is -1.59. The highest BCUT2D eigenvalue weighted by Crippen LogP contribution is 2.18. The van der Waals surface area contributed by atoms with Crippen LogP contribution in [0.1, 0.15) is 28.2 Å². The van der Waals surface area contributed by atoms with Gasteiger partial charge in [0.2, 0.25) is 5.91 Å². The third-order valence-corrected chi connectivity index (χ3v) is 4.90. The third kappa shape index (κ3) is 5.02. The van der Waals surface area contributed by atoms with Crippen molar-refractivity contribution in [3.63, 3.8) is 0 Å². The standard InChI is InChI=1S/C16H17NO2S2/c1-12(15-8-5-9-21-15)17-16(19)11-20-10-14(18)13-6-3-2-4-7-13/h2-9,12H,10-11H2,1H3,(H,17,19)/t12-/m0/s1. The maximum Gasteiger partial charge on any atom is 0.230 e. The highest BCUT2D eigenvalue weighted by molar-refractivity contribution is 8.00. The highest BCUT2D eigenvalue weighted by atomic mass is 32.2. The second kappa shape index (κ2) is 8.00. The van der Waals surface area contributed by atoms with Gasteiger partial charge in [0.05, 0.1) is 17.5 Å². The largest absolute Gasteiger partial charge is 0.348 e. The zero-order valence-electron chi connectivity index (χ0n) is 11.7. The molecule has 2 aromatic rings. The fourth-order valence-corrected chi connectivity index (χ4v) is 3.29. The smallest absolute Gasteiger partial charge is 0.230 e. The summed E-state index contributed by atoms with van der Waals surface area (Å²) in [5, 5.41) is 4.93. The average molecular weight is 319 g/mol. The van der Waals surface area contributed by atoms with E-state index in [0.717, 1.165) is 4.88 Å². The summed E-state index contributed by atoms with van der Waals surface area (Å²) >= 11 is 2.97. The molecule has 3 nitrogen and oxygen atoms in total. The molecule has 1 aromatic heterocycles. The molecule has 0 aliphatic heterocycles. The predicted molar refractivity (Wildman–Crippen MR) is 89.0 cm³/mol. The van der Waals surface area contributed by atoms with Crippen molar-refractivity contribution in [1.29, 1.82) is 0 Å². The summed E-state index contributed by atoms with van der Waals surface area (Å²) in [7, 11) is 0. The summed E-state index contributed by atoms with van der Waals surface area (Å²) < 4.78 is 0. The first kappa shape index (κ1) is 15.8. The minimum Gasteiger partial charge on any atom is -0.348 e. The van der Waals surface area contributed by atoms with E-state index in [4.69, 9.17) is 0 Å². The van der Waals surface area contributed by atoms with Gasteiger partial charge in [0.15, 0.2) is 5.78 Å². The average Bonchev–Trinajstić information content (AvgIpc) is 3.02. The van der Waals surface area contributed by atoms with Gasteiger partial charge in [0, 0.05) is 10.4 Å². The monoisotopic (exact) mass is 319 g/mol. The second-order valence-electron chi connectivity index (χ2n) is 4.59. The molecule has 0 fully saturated rings. The van der Waals surface area contributed by atoms with Crippen molar-refractivity contribution < 1.29 is 9.59 Å². The first-order chi connectivity index (χ1) is 10.2. The molecular formula is C16H17NO2S2. The van der Waals surface area contributed by atoms with E-state index in [1.807, 2.05) is 42.6 Å². The van der Waals surface area contributed by atoms with E-state index in [0.29, 0.717) is 17.1 Å². The number of hydrogen-bond acceptors (Lipinski definition) is 4. The van der Waals surface area contributed by atoms with Crippen molar-refractivity contribution in [1.82, 2.24) is 5.32 Å². The number of nitrogens with one attached hydrogen (secondary N) is 1. The molecular weight excluding hydrogens is 302 g/mol. The quantitative estimate of drug-likeness (QED) is 0.794. The highest BCUT2D eigenvalue weighted by Gasteiger charge is 2.11. The topological polar surface area (TPSA) is 46.2 Å². The van der Waals surface area contributed by atoms with Crippen LogP contribution in [0.3, 0.4) is 0 Å². The van der Waals surface area contributed by atoms with E-state index >= 15 is 0 Å². The maximum absolute atomic E-state index is 11.9. The van der Waals surface area contributed by atoms with Crippen LogP contribution in [-0.2, 0) is 4.79 Å². The molecule has 21 heavy (non-hydrogen) atoms. The molecule has 0 radical (unpaired) electrons. The zero-order chi connectivity index (χ0) is 15.1. The molecule has 110 valence electrons. The van der Waals surface area contributed by atoms with Crippen LogP contribution in [0.15, 0.2) is 47.8 Å². The first-order valence-electron chi connectivity index (χ1n) is 6.65. The van der Waals surface area contributed by atoms with E-state index < -0.39 is 0 Å². The Bertz CT molecular complexity index is 582. The number of amides is 1. The van der Waals surface area contributed by atoms with Gasteiger partial charge >= 0.3 is 0 Å². The van der Waals surface area contributed by atoms with E-state index in [2.05, 4.69) is 5.32 Å². The lowest BCUT2D eigenvalue weighted by Crippen LogP contribution is -2.28. The number of thiophene rings is 1. The summed E-state index contributed by atoms with van der Waals surface area (Å²) in [4.78, 5) is 24.8. The molecule has 0 saturated heterocycles. The molecule has 0 bridgehead atoms. The van der Waals surface area contributed by atoms with Crippen molar-refractivity contribution in [3.8, 4) is 0 Å². The van der Waals surface area contributed by atoms with Crippen molar-refractivity contribution >= 4 is 34.8 Å². The van der Waals surface area contributed by atoms with Gasteiger partial charge in [0.1, 0.15) is 0 Å². The Morgan fingerprint density at radius 2 is 1.90 bits per heavy atom. The summed E-state index contributed by atoms with van der Waals surface area (Å²) in [6.07, 6.45) is 0. The van der Waals surface area contributed by atoms with Gasteiger partial charge < -0.3 is 5.32 Å². The first-order valence-corrected chi connectivity index (χ1v) is 8.69.